The summed E-state index contributed by atoms with van der Waals surface area (Å²) in [5.74, 6) is 0.427. The van der Waals surface area contributed by atoms with Crippen LogP contribution in [0.4, 0.5) is 0 Å². The molecule has 0 spiro atoms. The van der Waals surface area contributed by atoms with Crippen molar-refractivity contribution in [1.82, 2.24) is 4.57 Å². The predicted octanol–water partition coefficient (Wildman–Crippen LogP) is 2.47. The molecular weight excluding hydrogens is 174 g/mol. The number of carbonyl (C=O) groups is 1. The zero-order valence-corrected chi connectivity index (χ0v) is 8.03. The van der Waals surface area contributed by atoms with Crippen molar-refractivity contribution in [3.63, 3.8) is 0 Å². The first-order valence-corrected chi connectivity index (χ1v) is 4.90. The number of hydrogen-bond donors (Lipinski definition) is 0. The molecule has 1 aliphatic heterocycles. The summed E-state index contributed by atoms with van der Waals surface area (Å²) in [6.45, 7) is 2.83. The standard InChI is InChI=1S/C12H11NO/c1-8-7-13-10-5-3-2-4-9(10)6-11(13)12(8)14/h2-6,8H,7H2,1H3. The third kappa shape index (κ3) is 0.830. The Morgan fingerprint density at radius 3 is 3.00 bits per heavy atom. The number of benzene rings is 1. The Balaban J connectivity index is 2.36. The van der Waals surface area contributed by atoms with E-state index in [4.69, 9.17) is 0 Å². The van der Waals surface area contributed by atoms with Gasteiger partial charge in [-0.25, -0.2) is 0 Å². The molecule has 2 heterocycles. The normalized spacial score (nSPS) is 20.4. The summed E-state index contributed by atoms with van der Waals surface area (Å²) < 4.78 is 2.13. The Hall–Kier alpha value is -1.57. The zero-order valence-electron chi connectivity index (χ0n) is 8.03. The lowest BCUT2D eigenvalue weighted by Gasteiger charge is -2.00. The summed E-state index contributed by atoms with van der Waals surface area (Å²) in [5, 5.41) is 1.17. The van der Waals surface area contributed by atoms with Crippen molar-refractivity contribution >= 4 is 16.7 Å². The van der Waals surface area contributed by atoms with Gasteiger partial charge in [-0.15, -0.1) is 0 Å². The van der Waals surface area contributed by atoms with Gasteiger partial charge >= 0.3 is 0 Å². The number of fused-ring (bicyclic) bond motifs is 3. The van der Waals surface area contributed by atoms with Crippen LogP contribution in [0.15, 0.2) is 30.3 Å². The van der Waals surface area contributed by atoms with Crippen LogP contribution in [0, 0.1) is 5.92 Å². The lowest BCUT2D eigenvalue weighted by molar-refractivity contribution is 0.0946. The van der Waals surface area contributed by atoms with E-state index in [9.17, 15) is 4.79 Å². The topological polar surface area (TPSA) is 22.0 Å². The SMILES string of the molecule is CC1Cn2c(cc3ccccc32)C1=O. The van der Waals surface area contributed by atoms with E-state index in [1.807, 2.05) is 25.1 Å². The van der Waals surface area contributed by atoms with Gasteiger partial charge < -0.3 is 4.57 Å². The summed E-state index contributed by atoms with van der Waals surface area (Å²) >= 11 is 0. The number of carbonyl (C=O) groups excluding carboxylic acids is 1. The van der Waals surface area contributed by atoms with E-state index in [0.29, 0.717) is 0 Å². The molecule has 0 fully saturated rings. The maximum atomic E-state index is 11.7. The van der Waals surface area contributed by atoms with Crippen molar-refractivity contribution in [2.24, 2.45) is 5.92 Å². The lowest BCUT2D eigenvalue weighted by atomic mass is 10.1. The van der Waals surface area contributed by atoms with Crippen LogP contribution in [0.5, 0.6) is 0 Å². The number of hydrogen-bond acceptors (Lipinski definition) is 1. The van der Waals surface area contributed by atoms with Crippen LogP contribution in [-0.4, -0.2) is 10.4 Å². The maximum Gasteiger partial charge on any atom is 0.183 e. The number of rotatable bonds is 0. The first kappa shape index (κ1) is 7.80. The van der Waals surface area contributed by atoms with Crippen LogP contribution in [0.3, 0.4) is 0 Å². The highest BCUT2D eigenvalue weighted by atomic mass is 16.1. The van der Waals surface area contributed by atoms with Crippen LogP contribution in [-0.2, 0) is 6.54 Å². The second kappa shape index (κ2) is 2.47. The smallest absolute Gasteiger partial charge is 0.183 e. The van der Waals surface area contributed by atoms with Gasteiger partial charge in [-0.05, 0) is 12.1 Å². The van der Waals surface area contributed by atoms with E-state index in [1.165, 1.54) is 10.9 Å². The Morgan fingerprint density at radius 2 is 2.14 bits per heavy atom. The largest absolute Gasteiger partial charge is 0.337 e. The Labute approximate surface area is 82.1 Å². The molecule has 2 aromatic rings. The molecule has 0 N–H and O–H groups in total. The van der Waals surface area contributed by atoms with Gasteiger partial charge in [0, 0.05) is 23.4 Å². The summed E-state index contributed by atoms with van der Waals surface area (Å²) in [4.78, 5) is 11.7. The first-order valence-electron chi connectivity index (χ1n) is 4.90. The van der Waals surface area contributed by atoms with Gasteiger partial charge in [-0.3, -0.25) is 4.79 Å². The quantitative estimate of drug-likeness (QED) is 0.618. The minimum absolute atomic E-state index is 0.148. The van der Waals surface area contributed by atoms with Crippen molar-refractivity contribution in [3.8, 4) is 0 Å². The van der Waals surface area contributed by atoms with Crippen LogP contribution in [0.1, 0.15) is 17.4 Å². The molecule has 1 aliphatic rings. The number of ketones is 1. The molecule has 0 saturated carbocycles. The van der Waals surface area contributed by atoms with E-state index in [1.54, 1.807) is 0 Å². The van der Waals surface area contributed by atoms with Crippen LogP contribution in [0.25, 0.3) is 10.9 Å². The highest BCUT2D eigenvalue weighted by molar-refractivity contribution is 6.03. The minimum atomic E-state index is 0.148. The van der Waals surface area contributed by atoms with Gasteiger partial charge in [0.1, 0.15) is 0 Å². The van der Waals surface area contributed by atoms with E-state index in [0.717, 1.165) is 12.2 Å². The molecule has 0 saturated heterocycles. The second-order valence-electron chi connectivity index (χ2n) is 3.96. The van der Waals surface area contributed by atoms with Crippen molar-refractivity contribution < 1.29 is 4.79 Å². The van der Waals surface area contributed by atoms with E-state index in [-0.39, 0.29) is 11.7 Å². The van der Waals surface area contributed by atoms with Gasteiger partial charge in [0.25, 0.3) is 0 Å². The predicted molar refractivity (Wildman–Crippen MR) is 55.4 cm³/mol. The van der Waals surface area contributed by atoms with E-state index >= 15 is 0 Å². The monoisotopic (exact) mass is 185 g/mol. The number of para-hydroxylation sites is 1. The van der Waals surface area contributed by atoms with Crippen LogP contribution < -0.4 is 0 Å². The highest BCUT2D eigenvalue weighted by Crippen LogP contribution is 2.28. The highest BCUT2D eigenvalue weighted by Gasteiger charge is 2.28. The molecule has 1 aromatic carbocycles. The molecule has 70 valence electrons. The molecule has 1 aromatic heterocycles. The molecule has 0 amide bonds. The molecule has 1 unspecified atom stereocenters. The molecule has 0 aliphatic carbocycles. The van der Waals surface area contributed by atoms with Crippen LogP contribution in [0.2, 0.25) is 0 Å². The molecule has 14 heavy (non-hydrogen) atoms. The van der Waals surface area contributed by atoms with E-state index in [2.05, 4.69) is 16.7 Å². The molecule has 1 atom stereocenters. The van der Waals surface area contributed by atoms with Gasteiger partial charge in [0.15, 0.2) is 5.78 Å². The summed E-state index contributed by atoms with van der Waals surface area (Å²) in [7, 11) is 0. The van der Waals surface area contributed by atoms with Gasteiger partial charge in [-0.2, -0.15) is 0 Å². The maximum absolute atomic E-state index is 11.7. The molecular formula is C12H11NO. The lowest BCUT2D eigenvalue weighted by Crippen LogP contribution is -2.03. The number of nitrogens with zero attached hydrogens (tertiary/aromatic N) is 1. The summed E-state index contributed by atoms with van der Waals surface area (Å²) in [6, 6.07) is 10.2. The molecule has 2 heteroatoms. The Bertz CT molecular complexity index is 524. The molecule has 0 radical (unpaired) electrons. The van der Waals surface area contributed by atoms with Crippen molar-refractivity contribution in [1.29, 1.82) is 0 Å². The summed E-state index contributed by atoms with van der Waals surface area (Å²) in [6.07, 6.45) is 0. The van der Waals surface area contributed by atoms with Crippen molar-refractivity contribution in [3.05, 3.63) is 36.0 Å². The fraction of sp³-hybridized carbons (Fsp3) is 0.250. The average molecular weight is 185 g/mol. The number of Topliss-reactive ketones (excluding diaryl/α,β-unsaturated/α-hetero) is 1. The van der Waals surface area contributed by atoms with Crippen molar-refractivity contribution in [2.45, 2.75) is 13.5 Å². The van der Waals surface area contributed by atoms with Crippen molar-refractivity contribution in [2.75, 3.05) is 0 Å². The third-order valence-electron chi connectivity index (χ3n) is 2.97. The minimum Gasteiger partial charge on any atom is -0.337 e. The zero-order chi connectivity index (χ0) is 9.71. The first-order chi connectivity index (χ1) is 6.77. The average Bonchev–Trinajstić information content (AvgIpc) is 2.67. The van der Waals surface area contributed by atoms with Gasteiger partial charge in [0.05, 0.1) is 5.69 Å². The molecule has 0 bridgehead atoms. The van der Waals surface area contributed by atoms with Crippen LogP contribution >= 0.6 is 0 Å². The Morgan fingerprint density at radius 1 is 1.36 bits per heavy atom. The summed E-state index contributed by atoms with van der Waals surface area (Å²) in [5.41, 5.74) is 2.05. The van der Waals surface area contributed by atoms with E-state index < -0.39 is 0 Å². The second-order valence-corrected chi connectivity index (χ2v) is 3.96. The molecule has 2 nitrogen and oxygen atoms in total. The van der Waals surface area contributed by atoms with Gasteiger partial charge in [-0.1, -0.05) is 25.1 Å². The third-order valence-corrected chi connectivity index (χ3v) is 2.97. The fourth-order valence-electron chi connectivity index (χ4n) is 2.22. The Kier molecular flexibility index (Phi) is 1.38. The number of aromatic nitrogens is 1. The molecule has 3 rings (SSSR count). The fourth-order valence-corrected chi connectivity index (χ4v) is 2.22. The van der Waals surface area contributed by atoms with Gasteiger partial charge in [0.2, 0.25) is 0 Å².